The molecule has 0 unspecified atom stereocenters. The lowest BCUT2D eigenvalue weighted by molar-refractivity contribution is 0.235. The maximum absolute atomic E-state index is 9.40. The molecule has 0 aliphatic heterocycles. The molecule has 0 aromatic heterocycles. The highest BCUT2D eigenvalue weighted by Gasteiger charge is 2.01. The minimum atomic E-state index is 0.142. The van der Waals surface area contributed by atoms with E-state index in [2.05, 4.69) is 0 Å². The van der Waals surface area contributed by atoms with Crippen LogP contribution in [0, 0.1) is 0 Å². The van der Waals surface area contributed by atoms with Crippen molar-refractivity contribution >= 4 is 6.08 Å². The molecule has 0 fully saturated rings. The van der Waals surface area contributed by atoms with E-state index in [1.165, 1.54) is 7.11 Å². The molecule has 0 spiro atoms. The van der Waals surface area contributed by atoms with E-state index in [1.54, 1.807) is 18.2 Å². The number of hydrogen-bond acceptors (Lipinski definition) is 3. The Balaban J connectivity index is 2.91. The Morgan fingerprint density at radius 1 is 1.47 bits per heavy atom. The van der Waals surface area contributed by atoms with E-state index in [4.69, 9.17) is 9.47 Å². The molecule has 0 saturated carbocycles. The van der Waals surface area contributed by atoms with Crippen molar-refractivity contribution in [1.29, 1.82) is 0 Å². The van der Waals surface area contributed by atoms with E-state index in [9.17, 15) is 5.11 Å². The predicted octanol–water partition coefficient (Wildman–Crippen LogP) is 2.80. The van der Waals surface area contributed by atoms with Crippen molar-refractivity contribution in [3.8, 4) is 11.5 Å². The SMILES string of the molecule is CCO/C(C)=C/c1ccc(O)c(OC)c1. The Morgan fingerprint density at radius 2 is 2.20 bits per heavy atom. The first-order chi connectivity index (χ1) is 7.17. The lowest BCUT2D eigenvalue weighted by Crippen LogP contribution is -1.88. The summed E-state index contributed by atoms with van der Waals surface area (Å²) in [5.41, 5.74) is 0.940. The van der Waals surface area contributed by atoms with E-state index >= 15 is 0 Å². The van der Waals surface area contributed by atoms with E-state index in [0.29, 0.717) is 12.4 Å². The molecule has 1 aromatic carbocycles. The molecule has 3 heteroatoms. The Bertz CT molecular complexity index is 356. The first-order valence-corrected chi connectivity index (χ1v) is 4.85. The second kappa shape index (κ2) is 5.29. The van der Waals surface area contributed by atoms with E-state index in [0.717, 1.165) is 11.3 Å². The summed E-state index contributed by atoms with van der Waals surface area (Å²) in [6.45, 7) is 4.48. The zero-order valence-corrected chi connectivity index (χ0v) is 9.28. The highest BCUT2D eigenvalue weighted by molar-refractivity contribution is 5.56. The molecule has 82 valence electrons. The van der Waals surface area contributed by atoms with Gasteiger partial charge in [0, 0.05) is 0 Å². The molecule has 0 heterocycles. The summed E-state index contributed by atoms with van der Waals surface area (Å²) in [6, 6.07) is 5.17. The number of benzene rings is 1. The molecule has 3 nitrogen and oxygen atoms in total. The number of rotatable bonds is 4. The van der Waals surface area contributed by atoms with E-state index < -0.39 is 0 Å². The van der Waals surface area contributed by atoms with Gasteiger partial charge in [0.2, 0.25) is 0 Å². The van der Waals surface area contributed by atoms with Crippen LogP contribution in [0.5, 0.6) is 11.5 Å². The van der Waals surface area contributed by atoms with Crippen LogP contribution in [0.4, 0.5) is 0 Å². The summed E-state index contributed by atoms with van der Waals surface area (Å²) in [7, 11) is 1.53. The lowest BCUT2D eigenvalue weighted by Gasteiger charge is -2.05. The standard InChI is InChI=1S/C12H16O3/c1-4-15-9(2)7-10-5-6-11(13)12(8-10)14-3/h5-8,13H,4H2,1-3H3/b9-7+. The number of phenols is 1. The molecule has 0 bridgehead atoms. The smallest absolute Gasteiger partial charge is 0.161 e. The van der Waals surface area contributed by atoms with Gasteiger partial charge in [-0.25, -0.2) is 0 Å². The third-order valence-corrected chi connectivity index (χ3v) is 1.95. The Kier molecular flexibility index (Phi) is 4.03. The van der Waals surface area contributed by atoms with Crippen LogP contribution in [0.25, 0.3) is 6.08 Å². The Hall–Kier alpha value is -1.64. The van der Waals surface area contributed by atoms with Gasteiger partial charge in [0.25, 0.3) is 0 Å². The maximum atomic E-state index is 9.40. The van der Waals surface area contributed by atoms with Crippen molar-refractivity contribution in [2.24, 2.45) is 0 Å². The number of hydrogen-bond donors (Lipinski definition) is 1. The van der Waals surface area contributed by atoms with Gasteiger partial charge in [0.05, 0.1) is 19.5 Å². The molecule has 1 N–H and O–H groups in total. The van der Waals surface area contributed by atoms with E-state index in [1.807, 2.05) is 19.9 Å². The summed E-state index contributed by atoms with van der Waals surface area (Å²) in [5, 5.41) is 9.40. The molecule has 1 rings (SSSR count). The Morgan fingerprint density at radius 3 is 2.80 bits per heavy atom. The molecular formula is C12H16O3. The minimum absolute atomic E-state index is 0.142. The van der Waals surface area contributed by atoms with Crippen LogP contribution in [0.2, 0.25) is 0 Å². The van der Waals surface area contributed by atoms with Gasteiger partial charge in [-0.3, -0.25) is 0 Å². The van der Waals surface area contributed by atoms with Crippen LogP contribution in [0.3, 0.4) is 0 Å². The number of ether oxygens (including phenoxy) is 2. The van der Waals surface area contributed by atoms with Gasteiger partial charge in [0.15, 0.2) is 11.5 Å². The van der Waals surface area contributed by atoms with Crippen molar-refractivity contribution in [2.75, 3.05) is 13.7 Å². The van der Waals surface area contributed by atoms with Crippen molar-refractivity contribution in [1.82, 2.24) is 0 Å². The molecule has 15 heavy (non-hydrogen) atoms. The van der Waals surface area contributed by atoms with Crippen molar-refractivity contribution in [2.45, 2.75) is 13.8 Å². The summed E-state index contributed by atoms with van der Waals surface area (Å²) in [5.74, 6) is 1.45. The molecule has 0 radical (unpaired) electrons. The maximum Gasteiger partial charge on any atom is 0.161 e. The fourth-order valence-corrected chi connectivity index (χ4v) is 1.29. The first kappa shape index (κ1) is 11.4. The molecule has 0 atom stereocenters. The highest BCUT2D eigenvalue weighted by Crippen LogP contribution is 2.27. The molecule has 0 aliphatic carbocycles. The van der Waals surface area contributed by atoms with Crippen molar-refractivity contribution < 1.29 is 14.6 Å². The van der Waals surface area contributed by atoms with Crippen LogP contribution in [0.15, 0.2) is 24.0 Å². The third-order valence-electron chi connectivity index (χ3n) is 1.95. The second-order valence-corrected chi connectivity index (χ2v) is 3.12. The van der Waals surface area contributed by atoms with Crippen LogP contribution in [-0.4, -0.2) is 18.8 Å². The molecule has 0 amide bonds. The van der Waals surface area contributed by atoms with Gasteiger partial charge in [-0.15, -0.1) is 0 Å². The quantitative estimate of drug-likeness (QED) is 0.773. The number of phenolic OH excluding ortho intramolecular Hbond substituents is 1. The van der Waals surface area contributed by atoms with Gasteiger partial charge in [-0.1, -0.05) is 6.07 Å². The van der Waals surface area contributed by atoms with E-state index in [-0.39, 0.29) is 5.75 Å². The van der Waals surface area contributed by atoms with Gasteiger partial charge < -0.3 is 14.6 Å². The first-order valence-electron chi connectivity index (χ1n) is 4.85. The van der Waals surface area contributed by atoms with Gasteiger partial charge in [-0.05, 0) is 37.6 Å². The van der Waals surface area contributed by atoms with Crippen LogP contribution < -0.4 is 4.74 Å². The zero-order chi connectivity index (χ0) is 11.3. The molecule has 1 aromatic rings. The predicted molar refractivity (Wildman–Crippen MR) is 59.9 cm³/mol. The van der Waals surface area contributed by atoms with Gasteiger partial charge in [0.1, 0.15) is 0 Å². The van der Waals surface area contributed by atoms with Crippen LogP contribution >= 0.6 is 0 Å². The van der Waals surface area contributed by atoms with Crippen molar-refractivity contribution in [3.05, 3.63) is 29.5 Å². The fraction of sp³-hybridized carbons (Fsp3) is 0.333. The highest BCUT2D eigenvalue weighted by atomic mass is 16.5. The topological polar surface area (TPSA) is 38.7 Å². The summed E-state index contributed by atoms with van der Waals surface area (Å²) < 4.78 is 10.3. The second-order valence-electron chi connectivity index (χ2n) is 3.12. The third kappa shape index (κ3) is 3.20. The minimum Gasteiger partial charge on any atom is -0.504 e. The van der Waals surface area contributed by atoms with Gasteiger partial charge in [-0.2, -0.15) is 0 Å². The van der Waals surface area contributed by atoms with Crippen LogP contribution in [-0.2, 0) is 4.74 Å². The average molecular weight is 208 g/mol. The van der Waals surface area contributed by atoms with Gasteiger partial charge >= 0.3 is 0 Å². The summed E-state index contributed by atoms with van der Waals surface area (Å²) >= 11 is 0. The summed E-state index contributed by atoms with van der Waals surface area (Å²) in [4.78, 5) is 0. The molecular weight excluding hydrogens is 192 g/mol. The molecule has 0 aliphatic rings. The fourth-order valence-electron chi connectivity index (χ4n) is 1.29. The van der Waals surface area contributed by atoms with Crippen molar-refractivity contribution in [3.63, 3.8) is 0 Å². The zero-order valence-electron chi connectivity index (χ0n) is 9.28. The number of aromatic hydroxyl groups is 1. The normalized spacial score (nSPS) is 11.3. The number of allylic oxidation sites excluding steroid dienone is 1. The summed E-state index contributed by atoms with van der Waals surface area (Å²) in [6.07, 6.45) is 1.89. The van der Waals surface area contributed by atoms with Crippen LogP contribution in [0.1, 0.15) is 19.4 Å². The largest absolute Gasteiger partial charge is 0.504 e. The monoisotopic (exact) mass is 208 g/mol. The average Bonchev–Trinajstić information content (AvgIpc) is 2.21. The number of methoxy groups -OCH3 is 1. The lowest BCUT2D eigenvalue weighted by atomic mass is 10.2. The molecule has 0 saturated heterocycles. The Labute approximate surface area is 90.0 Å².